The second kappa shape index (κ2) is 12.5. The Morgan fingerprint density at radius 2 is 1.28 bits per heavy atom. The van der Waals surface area contributed by atoms with Crippen molar-refractivity contribution in [2.75, 3.05) is 13.2 Å². The largest absolute Gasteiger partial charge is 1.00 e. The van der Waals surface area contributed by atoms with Gasteiger partial charge in [0.15, 0.2) is 0 Å². The molecule has 0 radical (unpaired) electrons. The van der Waals surface area contributed by atoms with Crippen LogP contribution in [0.5, 0.6) is 0 Å². The minimum atomic E-state index is -4.06. The summed E-state index contributed by atoms with van der Waals surface area (Å²) in [6, 6.07) is 0. The molecule has 0 saturated heterocycles. The van der Waals surface area contributed by atoms with Crippen molar-refractivity contribution in [1.82, 2.24) is 0 Å². The summed E-state index contributed by atoms with van der Waals surface area (Å²) in [5.74, 6) is 1.13. The molecular weight excluding hydrogens is 278 g/mol. The maximum Gasteiger partial charge on any atom is 1.00 e. The van der Waals surface area contributed by atoms with E-state index < -0.39 is 7.82 Å². The first kappa shape index (κ1) is 22.0. The van der Waals surface area contributed by atoms with Gasteiger partial charge in [-0.25, -0.2) is 0 Å². The Kier molecular flexibility index (Phi) is 15.3. The molecule has 0 heterocycles. The first-order chi connectivity index (χ1) is 7.83. The Balaban J connectivity index is 0. The van der Waals surface area contributed by atoms with Crippen LogP contribution in [0.1, 0.15) is 53.4 Å². The van der Waals surface area contributed by atoms with E-state index in [0.29, 0.717) is 11.8 Å². The zero-order valence-electron chi connectivity index (χ0n) is 12.5. The van der Waals surface area contributed by atoms with Crippen LogP contribution < -0.4 is 56.3 Å². The second-order valence-corrected chi connectivity index (χ2v) is 6.60. The van der Waals surface area contributed by atoms with Crippen molar-refractivity contribution < 1.29 is 69.9 Å². The van der Waals surface area contributed by atoms with Gasteiger partial charge in [0.05, 0.1) is 13.2 Å². The quantitative estimate of drug-likeness (QED) is 0.332. The van der Waals surface area contributed by atoms with Crippen LogP contribution in [0.2, 0.25) is 0 Å². The zero-order valence-corrected chi connectivity index (χ0v) is 16.5. The minimum Gasteiger partial charge on any atom is -0.756 e. The summed E-state index contributed by atoms with van der Waals surface area (Å²) in [7, 11) is -4.06. The van der Waals surface area contributed by atoms with Crippen LogP contribution in [0, 0.1) is 11.8 Å². The summed E-state index contributed by atoms with van der Waals surface area (Å²) < 4.78 is 20.8. The molecule has 0 aromatic rings. The van der Waals surface area contributed by atoms with Crippen LogP contribution in [-0.2, 0) is 13.6 Å². The molecule has 0 fully saturated rings. The fraction of sp³-hybridized carbons (Fsp3) is 1.00. The molecule has 0 unspecified atom stereocenters. The molecule has 0 saturated carbocycles. The van der Waals surface area contributed by atoms with E-state index in [1.54, 1.807) is 0 Å². The zero-order chi connectivity index (χ0) is 13.3. The van der Waals surface area contributed by atoms with E-state index in [9.17, 15) is 9.46 Å². The van der Waals surface area contributed by atoms with Gasteiger partial charge in [-0.1, -0.05) is 27.7 Å². The van der Waals surface area contributed by atoms with Gasteiger partial charge in [0.1, 0.15) is 0 Å². The Hall–Kier alpha value is 1.75. The van der Waals surface area contributed by atoms with Crippen molar-refractivity contribution in [3.63, 3.8) is 0 Å². The number of phosphoric ester groups is 1. The molecule has 0 aliphatic rings. The SMILES string of the molecule is CC(C)CCCOP(=O)([O-])OCCCC(C)C.[K+]. The molecule has 6 heteroatoms. The molecule has 0 aromatic heterocycles. The number of phosphoric acid groups is 1. The van der Waals surface area contributed by atoms with Crippen LogP contribution >= 0.6 is 7.82 Å². The topological polar surface area (TPSA) is 58.6 Å². The molecule has 4 nitrogen and oxygen atoms in total. The van der Waals surface area contributed by atoms with Crippen molar-refractivity contribution in [3.05, 3.63) is 0 Å². The molecule has 0 aliphatic carbocycles. The van der Waals surface area contributed by atoms with E-state index in [2.05, 4.69) is 27.7 Å². The number of hydrogen-bond acceptors (Lipinski definition) is 4. The molecule has 0 bridgehead atoms. The van der Waals surface area contributed by atoms with Crippen LogP contribution in [0.25, 0.3) is 0 Å². The molecule has 0 amide bonds. The third kappa shape index (κ3) is 15.8. The van der Waals surface area contributed by atoms with Crippen LogP contribution in [0.4, 0.5) is 0 Å². The molecule has 18 heavy (non-hydrogen) atoms. The van der Waals surface area contributed by atoms with E-state index in [1.807, 2.05) is 0 Å². The standard InChI is InChI=1S/C12H27O4P.K/c1-11(2)7-5-9-15-17(13,14)16-10-6-8-12(3)4;/h11-12H,5-10H2,1-4H3,(H,13,14);/q;+1/p-1. The van der Waals surface area contributed by atoms with Gasteiger partial charge in [-0.2, -0.15) is 0 Å². The van der Waals surface area contributed by atoms with E-state index in [-0.39, 0.29) is 64.6 Å². The first-order valence-corrected chi connectivity index (χ1v) is 7.89. The fourth-order valence-electron chi connectivity index (χ4n) is 1.37. The van der Waals surface area contributed by atoms with E-state index in [1.165, 1.54) is 0 Å². The van der Waals surface area contributed by atoms with Crippen LogP contribution in [0.3, 0.4) is 0 Å². The molecule has 0 aromatic carbocycles. The summed E-state index contributed by atoms with van der Waals surface area (Å²) in [6.45, 7) is 8.84. The van der Waals surface area contributed by atoms with Gasteiger partial charge in [-0.3, -0.25) is 4.57 Å². The molecule has 0 aliphatic heterocycles. The summed E-state index contributed by atoms with van der Waals surface area (Å²) >= 11 is 0. The van der Waals surface area contributed by atoms with Gasteiger partial charge in [0, 0.05) is 0 Å². The van der Waals surface area contributed by atoms with Crippen molar-refractivity contribution >= 4 is 7.82 Å². The molecule has 0 N–H and O–H groups in total. The van der Waals surface area contributed by atoms with Crippen molar-refractivity contribution in [3.8, 4) is 0 Å². The Bertz CT molecular complexity index is 214. The predicted octanol–water partition coefficient (Wildman–Crippen LogP) is 0.364. The average Bonchev–Trinajstić information content (AvgIpc) is 2.19. The average molecular weight is 304 g/mol. The van der Waals surface area contributed by atoms with E-state index >= 15 is 0 Å². The van der Waals surface area contributed by atoms with Crippen LogP contribution in [0.15, 0.2) is 0 Å². The van der Waals surface area contributed by atoms with Crippen molar-refractivity contribution in [2.45, 2.75) is 53.4 Å². The van der Waals surface area contributed by atoms with E-state index in [4.69, 9.17) is 9.05 Å². The van der Waals surface area contributed by atoms with Gasteiger partial charge in [0.2, 0.25) is 0 Å². The summed E-state index contributed by atoms with van der Waals surface area (Å²) in [5, 5.41) is 0. The molecule has 104 valence electrons. The smallest absolute Gasteiger partial charge is 0.756 e. The van der Waals surface area contributed by atoms with Gasteiger partial charge in [-0.05, 0) is 37.5 Å². The first-order valence-electron chi connectivity index (χ1n) is 6.43. The summed E-state index contributed by atoms with van der Waals surface area (Å²) in [6.07, 6.45) is 3.43. The second-order valence-electron chi connectivity index (χ2n) is 5.19. The predicted molar refractivity (Wildman–Crippen MR) is 67.7 cm³/mol. The maximum atomic E-state index is 11.3. The Morgan fingerprint density at radius 1 is 0.944 bits per heavy atom. The molecule has 0 atom stereocenters. The van der Waals surface area contributed by atoms with Gasteiger partial charge >= 0.3 is 51.4 Å². The van der Waals surface area contributed by atoms with E-state index in [0.717, 1.165) is 25.7 Å². The third-order valence-corrected chi connectivity index (χ3v) is 3.35. The Morgan fingerprint density at radius 3 is 1.56 bits per heavy atom. The monoisotopic (exact) mass is 304 g/mol. The Labute approximate surface area is 154 Å². The summed E-state index contributed by atoms with van der Waals surface area (Å²) in [4.78, 5) is 11.3. The van der Waals surface area contributed by atoms with Crippen molar-refractivity contribution in [1.29, 1.82) is 0 Å². The summed E-state index contributed by atoms with van der Waals surface area (Å²) in [5.41, 5.74) is 0. The normalized spacial score (nSPS) is 11.9. The van der Waals surface area contributed by atoms with Gasteiger partial charge in [0.25, 0.3) is 7.82 Å². The van der Waals surface area contributed by atoms with Crippen molar-refractivity contribution in [2.24, 2.45) is 11.8 Å². The fourth-order valence-corrected chi connectivity index (χ4v) is 2.15. The number of rotatable bonds is 10. The minimum absolute atomic E-state index is 0. The van der Waals surface area contributed by atoms with Gasteiger partial charge in [-0.15, -0.1) is 0 Å². The molecule has 0 spiro atoms. The third-order valence-electron chi connectivity index (χ3n) is 2.35. The van der Waals surface area contributed by atoms with Gasteiger partial charge < -0.3 is 13.9 Å². The molecular formula is C12H26KO4P. The number of hydrogen-bond donors (Lipinski definition) is 0. The van der Waals surface area contributed by atoms with Crippen LogP contribution in [-0.4, -0.2) is 13.2 Å². The maximum absolute atomic E-state index is 11.3. The molecule has 0 rings (SSSR count).